The van der Waals surface area contributed by atoms with Crippen molar-refractivity contribution < 1.29 is 0 Å². The van der Waals surface area contributed by atoms with Crippen molar-refractivity contribution >= 4 is 10.9 Å². The van der Waals surface area contributed by atoms with Crippen LogP contribution in [0.1, 0.15) is 11.1 Å². The largest absolute Gasteiger partial charge is 0.326 e. The summed E-state index contributed by atoms with van der Waals surface area (Å²) in [4.78, 5) is 4.32. The van der Waals surface area contributed by atoms with Crippen LogP contribution in [0.15, 0.2) is 30.5 Å². The molecule has 2 N–H and O–H groups in total. The Morgan fingerprint density at radius 2 is 2.15 bits per heavy atom. The zero-order chi connectivity index (χ0) is 9.26. The normalized spacial score (nSPS) is 10.6. The molecule has 0 saturated carbocycles. The number of nitrogens with zero attached hydrogens (tertiary/aromatic N) is 1. The van der Waals surface area contributed by atoms with Crippen molar-refractivity contribution in [2.75, 3.05) is 0 Å². The number of rotatable bonds is 1. The highest BCUT2D eigenvalue weighted by Gasteiger charge is 1.96. The molecule has 2 rings (SSSR count). The summed E-state index contributed by atoms with van der Waals surface area (Å²) in [5.74, 6) is 0. The molecule has 0 bridgehead atoms. The van der Waals surface area contributed by atoms with Gasteiger partial charge in [-0.25, -0.2) is 0 Å². The third-order valence-corrected chi connectivity index (χ3v) is 2.12. The fourth-order valence-electron chi connectivity index (χ4n) is 1.42. The number of benzene rings is 1. The molecule has 0 fully saturated rings. The fraction of sp³-hybridized carbons (Fsp3) is 0.182. The molecule has 0 spiro atoms. The van der Waals surface area contributed by atoms with E-state index in [0.29, 0.717) is 6.54 Å². The Kier molecular flexibility index (Phi) is 1.99. The molecule has 0 unspecified atom stereocenters. The summed E-state index contributed by atoms with van der Waals surface area (Å²) in [6.45, 7) is 2.63. The highest BCUT2D eigenvalue weighted by molar-refractivity contribution is 5.79. The molecular weight excluding hydrogens is 160 g/mol. The van der Waals surface area contributed by atoms with Gasteiger partial charge < -0.3 is 5.73 Å². The van der Waals surface area contributed by atoms with Crippen molar-refractivity contribution in [3.8, 4) is 0 Å². The van der Waals surface area contributed by atoms with Crippen molar-refractivity contribution in [1.82, 2.24) is 4.98 Å². The van der Waals surface area contributed by atoms with Gasteiger partial charge in [0.25, 0.3) is 0 Å². The summed E-state index contributed by atoms with van der Waals surface area (Å²) in [5.41, 5.74) is 8.92. The van der Waals surface area contributed by atoms with E-state index < -0.39 is 0 Å². The summed E-state index contributed by atoms with van der Waals surface area (Å²) >= 11 is 0. The van der Waals surface area contributed by atoms with Gasteiger partial charge in [0, 0.05) is 18.1 Å². The second-order valence-corrected chi connectivity index (χ2v) is 3.24. The average molecular weight is 172 g/mol. The van der Waals surface area contributed by atoms with Crippen LogP contribution in [-0.4, -0.2) is 4.98 Å². The molecule has 0 amide bonds. The number of aromatic nitrogens is 1. The maximum atomic E-state index is 5.56. The lowest BCUT2D eigenvalue weighted by atomic mass is 10.1. The first-order valence-corrected chi connectivity index (χ1v) is 4.35. The van der Waals surface area contributed by atoms with Gasteiger partial charge in [-0.1, -0.05) is 6.07 Å². The Morgan fingerprint density at radius 3 is 2.92 bits per heavy atom. The van der Waals surface area contributed by atoms with Gasteiger partial charge in [-0.05, 0) is 36.2 Å². The Morgan fingerprint density at radius 1 is 1.31 bits per heavy atom. The lowest BCUT2D eigenvalue weighted by Crippen LogP contribution is -1.95. The van der Waals surface area contributed by atoms with Gasteiger partial charge in [-0.3, -0.25) is 4.98 Å². The molecule has 0 atom stereocenters. The van der Waals surface area contributed by atoms with Gasteiger partial charge in [0.1, 0.15) is 0 Å². The van der Waals surface area contributed by atoms with E-state index in [1.54, 1.807) is 0 Å². The van der Waals surface area contributed by atoms with E-state index in [4.69, 9.17) is 5.73 Å². The quantitative estimate of drug-likeness (QED) is 0.714. The number of hydrogen-bond acceptors (Lipinski definition) is 2. The van der Waals surface area contributed by atoms with Gasteiger partial charge in [-0.15, -0.1) is 0 Å². The van der Waals surface area contributed by atoms with Crippen molar-refractivity contribution in [2.24, 2.45) is 5.73 Å². The molecule has 0 aliphatic heterocycles. The minimum atomic E-state index is 0.587. The molecule has 1 aromatic carbocycles. The first-order valence-electron chi connectivity index (χ1n) is 4.35. The first kappa shape index (κ1) is 8.20. The van der Waals surface area contributed by atoms with Crippen LogP contribution < -0.4 is 5.73 Å². The van der Waals surface area contributed by atoms with E-state index in [0.717, 1.165) is 11.1 Å². The number of fused-ring (bicyclic) bond motifs is 1. The molecule has 0 saturated heterocycles. The van der Waals surface area contributed by atoms with Crippen LogP contribution in [-0.2, 0) is 6.54 Å². The summed E-state index contributed by atoms with van der Waals surface area (Å²) in [5, 5.41) is 1.17. The van der Waals surface area contributed by atoms with Gasteiger partial charge in [0.2, 0.25) is 0 Å². The number of nitrogens with two attached hydrogens (primary N) is 1. The van der Waals surface area contributed by atoms with Crippen LogP contribution in [0.5, 0.6) is 0 Å². The zero-order valence-corrected chi connectivity index (χ0v) is 7.62. The summed E-state index contributed by atoms with van der Waals surface area (Å²) in [7, 11) is 0. The third-order valence-electron chi connectivity index (χ3n) is 2.12. The van der Waals surface area contributed by atoms with E-state index in [2.05, 4.69) is 17.1 Å². The van der Waals surface area contributed by atoms with Crippen molar-refractivity contribution in [1.29, 1.82) is 0 Å². The molecular formula is C11H12N2. The van der Waals surface area contributed by atoms with E-state index in [1.165, 1.54) is 10.9 Å². The van der Waals surface area contributed by atoms with Crippen LogP contribution >= 0.6 is 0 Å². The van der Waals surface area contributed by atoms with Crippen LogP contribution in [0.4, 0.5) is 0 Å². The Labute approximate surface area is 77.4 Å². The van der Waals surface area contributed by atoms with E-state index in [-0.39, 0.29) is 0 Å². The lowest BCUT2D eigenvalue weighted by Gasteiger charge is -2.01. The van der Waals surface area contributed by atoms with Gasteiger partial charge in [0.15, 0.2) is 0 Å². The molecule has 0 aliphatic rings. The van der Waals surface area contributed by atoms with Crippen LogP contribution in [0.3, 0.4) is 0 Å². The Bertz CT molecular complexity index is 435. The summed E-state index contributed by atoms with van der Waals surface area (Å²) in [6.07, 6.45) is 1.88. The predicted octanol–water partition coefficient (Wildman–Crippen LogP) is 2.00. The van der Waals surface area contributed by atoms with E-state index in [9.17, 15) is 0 Å². The molecule has 0 aliphatic carbocycles. The van der Waals surface area contributed by atoms with Crippen LogP contribution in [0.2, 0.25) is 0 Å². The molecule has 66 valence electrons. The van der Waals surface area contributed by atoms with Gasteiger partial charge in [-0.2, -0.15) is 0 Å². The molecule has 2 heteroatoms. The standard InChI is InChI=1S/C11H12N2/c1-8-4-10-5-9(6-12)2-3-11(10)13-7-8/h2-5,7H,6,12H2,1H3. The fourth-order valence-corrected chi connectivity index (χ4v) is 1.42. The molecule has 1 heterocycles. The lowest BCUT2D eigenvalue weighted by molar-refractivity contribution is 1.07. The van der Waals surface area contributed by atoms with E-state index in [1.807, 2.05) is 25.3 Å². The minimum Gasteiger partial charge on any atom is -0.326 e. The van der Waals surface area contributed by atoms with Crippen LogP contribution in [0, 0.1) is 6.92 Å². The zero-order valence-electron chi connectivity index (χ0n) is 7.62. The third kappa shape index (κ3) is 1.53. The predicted molar refractivity (Wildman–Crippen MR) is 54.4 cm³/mol. The van der Waals surface area contributed by atoms with Gasteiger partial charge in [0.05, 0.1) is 5.52 Å². The Balaban J connectivity index is 2.68. The second-order valence-electron chi connectivity index (χ2n) is 3.24. The maximum Gasteiger partial charge on any atom is 0.0702 e. The molecule has 0 radical (unpaired) electrons. The van der Waals surface area contributed by atoms with Gasteiger partial charge >= 0.3 is 0 Å². The van der Waals surface area contributed by atoms with Crippen molar-refractivity contribution in [2.45, 2.75) is 13.5 Å². The second kappa shape index (κ2) is 3.15. The highest BCUT2D eigenvalue weighted by atomic mass is 14.6. The Hall–Kier alpha value is -1.41. The number of hydrogen-bond donors (Lipinski definition) is 1. The summed E-state index contributed by atoms with van der Waals surface area (Å²) < 4.78 is 0. The SMILES string of the molecule is Cc1cnc2ccc(CN)cc2c1. The highest BCUT2D eigenvalue weighted by Crippen LogP contribution is 2.14. The summed E-state index contributed by atoms with van der Waals surface area (Å²) in [6, 6.07) is 8.25. The topological polar surface area (TPSA) is 38.9 Å². The van der Waals surface area contributed by atoms with E-state index >= 15 is 0 Å². The van der Waals surface area contributed by atoms with Crippen LogP contribution in [0.25, 0.3) is 10.9 Å². The molecule has 2 aromatic rings. The van der Waals surface area contributed by atoms with Crippen molar-refractivity contribution in [3.05, 3.63) is 41.6 Å². The minimum absolute atomic E-state index is 0.587. The monoisotopic (exact) mass is 172 g/mol. The number of aryl methyl sites for hydroxylation is 1. The number of pyridine rings is 1. The van der Waals surface area contributed by atoms with Crippen molar-refractivity contribution in [3.63, 3.8) is 0 Å². The maximum absolute atomic E-state index is 5.56. The first-order chi connectivity index (χ1) is 6.29. The molecule has 2 nitrogen and oxygen atoms in total. The molecule has 1 aromatic heterocycles. The molecule has 13 heavy (non-hydrogen) atoms. The smallest absolute Gasteiger partial charge is 0.0702 e. The average Bonchev–Trinajstić information content (AvgIpc) is 2.16.